The van der Waals surface area contributed by atoms with Gasteiger partial charge in [-0.1, -0.05) is 41.9 Å². The Morgan fingerprint density at radius 2 is 2.11 bits per heavy atom. The van der Waals surface area contributed by atoms with Crippen LogP contribution >= 0.6 is 11.6 Å². The van der Waals surface area contributed by atoms with E-state index in [0.29, 0.717) is 12.0 Å². The predicted octanol–water partition coefficient (Wildman–Crippen LogP) is 3.03. The van der Waals surface area contributed by atoms with E-state index < -0.39 is 0 Å². The van der Waals surface area contributed by atoms with E-state index in [1.54, 1.807) is 0 Å². The Hall–Kier alpha value is -1.32. The quantitative estimate of drug-likeness (QED) is 0.930. The lowest BCUT2D eigenvalue weighted by molar-refractivity contribution is 0.614. The van der Waals surface area contributed by atoms with E-state index in [1.165, 1.54) is 12.0 Å². The van der Waals surface area contributed by atoms with Crippen molar-refractivity contribution in [1.82, 2.24) is 15.1 Å². The molecule has 1 N–H and O–H groups in total. The second kappa shape index (κ2) is 4.99. The van der Waals surface area contributed by atoms with Gasteiger partial charge in [0.15, 0.2) is 0 Å². The highest BCUT2D eigenvalue weighted by Gasteiger charge is 2.37. The highest BCUT2D eigenvalue weighted by molar-refractivity contribution is 6.31. The van der Waals surface area contributed by atoms with Crippen LogP contribution in [-0.4, -0.2) is 15.8 Å². The van der Waals surface area contributed by atoms with Crippen LogP contribution < -0.4 is 5.32 Å². The van der Waals surface area contributed by atoms with Crippen molar-refractivity contribution in [3.8, 4) is 0 Å². The van der Waals surface area contributed by atoms with Gasteiger partial charge in [0.25, 0.3) is 0 Å². The molecule has 4 heteroatoms. The molecule has 1 heterocycles. The lowest BCUT2D eigenvalue weighted by Crippen LogP contribution is -2.19. The lowest BCUT2D eigenvalue weighted by atomic mass is 10.1. The van der Waals surface area contributed by atoms with Gasteiger partial charge >= 0.3 is 0 Å². The number of benzene rings is 1. The molecular formula is C15H18ClN3. The Balaban J connectivity index is 1.60. The highest BCUT2D eigenvalue weighted by Crippen LogP contribution is 2.40. The summed E-state index contributed by atoms with van der Waals surface area (Å²) in [6.07, 6.45) is 1.21. The summed E-state index contributed by atoms with van der Waals surface area (Å²) in [5.74, 6) is 0.647. The van der Waals surface area contributed by atoms with Crippen molar-refractivity contribution in [2.45, 2.75) is 31.8 Å². The van der Waals surface area contributed by atoms with Crippen LogP contribution in [0.4, 0.5) is 0 Å². The van der Waals surface area contributed by atoms with Crippen LogP contribution in [0.25, 0.3) is 0 Å². The van der Waals surface area contributed by atoms with Gasteiger partial charge in [-0.05, 0) is 18.9 Å². The molecule has 1 aliphatic rings. The molecule has 2 aromatic rings. The molecule has 1 fully saturated rings. The van der Waals surface area contributed by atoms with Gasteiger partial charge in [0.05, 0.1) is 16.4 Å². The monoisotopic (exact) mass is 275 g/mol. The predicted molar refractivity (Wildman–Crippen MR) is 77.4 cm³/mol. The molecule has 0 saturated heterocycles. The van der Waals surface area contributed by atoms with Gasteiger partial charge in [-0.3, -0.25) is 4.68 Å². The minimum atomic E-state index is 0.564. The second-order valence-electron chi connectivity index (χ2n) is 5.21. The first-order valence-corrected chi connectivity index (χ1v) is 7.01. The molecule has 2 unspecified atom stereocenters. The number of nitrogens with zero attached hydrogens (tertiary/aromatic N) is 2. The third-order valence-electron chi connectivity index (χ3n) is 3.81. The zero-order valence-electron chi connectivity index (χ0n) is 11.2. The van der Waals surface area contributed by atoms with Crippen LogP contribution in [0.1, 0.15) is 29.3 Å². The molecule has 1 aliphatic carbocycles. The average molecular weight is 276 g/mol. The van der Waals surface area contributed by atoms with Crippen molar-refractivity contribution >= 4 is 11.6 Å². The van der Waals surface area contributed by atoms with Crippen LogP contribution in [-0.2, 0) is 13.6 Å². The van der Waals surface area contributed by atoms with Crippen molar-refractivity contribution in [2.24, 2.45) is 7.05 Å². The fraction of sp³-hybridized carbons (Fsp3) is 0.400. The summed E-state index contributed by atoms with van der Waals surface area (Å²) in [7, 11) is 1.94. The van der Waals surface area contributed by atoms with Gasteiger partial charge in [0, 0.05) is 25.6 Å². The Kier molecular flexibility index (Phi) is 3.33. The molecule has 1 saturated carbocycles. The smallest absolute Gasteiger partial charge is 0.0860 e. The fourth-order valence-electron chi connectivity index (χ4n) is 2.59. The van der Waals surface area contributed by atoms with Crippen molar-refractivity contribution in [1.29, 1.82) is 0 Å². The van der Waals surface area contributed by atoms with E-state index in [4.69, 9.17) is 11.6 Å². The number of nitrogens with one attached hydrogen (secondary N) is 1. The Bertz CT molecular complexity index is 577. The maximum atomic E-state index is 6.25. The first-order chi connectivity index (χ1) is 9.16. The van der Waals surface area contributed by atoms with Crippen LogP contribution in [0.5, 0.6) is 0 Å². The number of aromatic nitrogens is 2. The molecule has 0 radical (unpaired) electrons. The Morgan fingerprint density at radius 3 is 2.74 bits per heavy atom. The second-order valence-corrected chi connectivity index (χ2v) is 5.59. The first-order valence-electron chi connectivity index (χ1n) is 6.63. The lowest BCUT2D eigenvalue weighted by Gasteiger charge is -2.05. The minimum Gasteiger partial charge on any atom is -0.308 e. The average Bonchev–Trinajstić information content (AvgIpc) is 3.14. The molecule has 1 aromatic carbocycles. The van der Waals surface area contributed by atoms with Crippen LogP contribution in [0.3, 0.4) is 0 Å². The summed E-state index contributed by atoms with van der Waals surface area (Å²) in [5.41, 5.74) is 3.39. The molecule has 0 bridgehead atoms. The summed E-state index contributed by atoms with van der Waals surface area (Å²) < 4.78 is 1.87. The summed E-state index contributed by atoms with van der Waals surface area (Å²) in [6.45, 7) is 2.72. The van der Waals surface area contributed by atoms with Crippen LogP contribution in [0.15, 0.2) is 30.3 Å². The number of rotatable bonds is 4. The van der Waals surface area contributed by atoms with Crippen molar-refractivity contribution in [3.63, 3.8) is 0 Å². The number of hydrogen-bond donors (Lipinski definition) is 1. The fourth-order valence-corrected chi connectivity index (χ4v) is 2.82. The van der Waals surface area contributed by atoms with Crippen molar-refractivity contribution in [3.05, 3.63) is 52.3 Å². The zero-order chi connectivity index (χ0) is 13.4. The minimum absolute atomic E-state index is 0.564. The van der Waals surface area contributed by atoms with E-state index in [9.17, 15) is 0 Å². The third kappa shape index (κ3) is 2.53. The molecular weight excluding hydrogens is 258 g/mol. The van der Waals surface area contributed by atoms with E-state index in [0.717, 1.165) is 23.0 Å². The Morgan fingerprint density at radius 1 is 1.37 bits per heavy atom. The molecule has 2 atom stereocenters. The normalized spacial score (nSPS) is 21.6. The molecule has 0 spiro atoms. The summed E-state index contributed by atoms with van der Waals surface area (Å²) in [5, 5.41) is 8.69. The van der Waals surface area contributed by atoms with Gasteiger partial charge in [0.1, 0.15) is 0 Å². The standard InChI is InChI=1S/C15H18ClN3/c1-10-15(16)14(19(2)18-10)9-17-13-8-12(13)11-6-4-3-5-7-11/h3-7,12-13,17H,8-9H2,1-2H3. The summed E-state index contributed by atoms with van der Waals surface area (Å²) in [4.78, 5) is 0. The van der Waals surface area contributed by atoms with Gasteiger partial charge in [-0.15, -0.1) is 0 Å². The van der Waals surface area contributed by atoms with E-state index in [1.807, 2.05) is 18.7 Å². The third-order valence-corrected chi connectivity index (χ3v) is 4.30. The topological polar surface area (TPSA) is 29.9 Å². The summed E-state index contributed by atoms with van der Waals surface area (Å²) >= 11 is 6.25. The van der Waals surface area contributed by atoms with E-state index in [-0.39, 0.29) is 0 Å². The molecule has 100 valence electrons. The maximum absolute atomic E-state index is 6.25. The van der Waals surface area contributed by atoms with E-state index >= 15 is 0 Å². The largest absolute Gasteiger partial charge is 0.308 e. The first kappa shape index (κ1) is 12.7. The molecule has 0 aliphatic heterocycles. The van der Waals surface area contributed by atoms with Crippen molar-refractivity contribution in [2.75, 3.05) is 0 Å². The highest BCUT2D eigenvalue weighted by atomic mass is 35.5. The molecule has 0 amide bonds. The van der Waals surface area contributed by atoms with Gasteiger partial charge < -0.3 is 5.32 Å². The van der Waals surface area contributed by atoms with Gasteiger partial charge in [0.2, 0.25) is 0 Å². The Labute approximate surface area is 118 Å². The van der Waals surface area contributed by atoms with E-state index in [2.05, 4.69) is 40.7 Å². The number of halogens is 1. The van der Waals surface area contributed by atoms with Crippen LogP contribution in [0.2, 0.25) is 5.02 Å². The number of aryl methyl sites for hydroxylation is 2. The zero-order valence-corrected chi connectivity index (χ0v) is 12.0. The van der Waals surface area contributed by atoms with Gasteiger partial charge in [-0.25, -0.2) is 0 Å². The summed E-state index contributed by atoms with van der Waals surface area (Å²) in [6, 6.07) is 11.2. The number of hydrogen-bond acceptors (Lipinski definition) is 2. The van der Waals surface area contributed by atoms with Gasteiger partial charge in [-0.2, -0.15) is 5.10 Å². The molecule has 3 rings (SSSR count). The SMILES string of the molecule is Cc1nn(C)c(CNC2CC2c2ccccc2)c1Cl. The van der Waals surface area contributed by atoms with Crippen LogP contribution in [0, 0.1) is 6.92 Å². The maximum Gasteiger partial charge on any atom is 0.0860 e. The molecule has 3 nitrogen and oxygen atoms in total. The molecule has 1 aromatic heterocycles. The van der Waals surface area contributed by atoms with Crippen molar-refractivity contribution < 1.29 is 0 Å². The molecule has 19 heavy (non-hydrogen) atoms.